The highest BCUT2D eigenvalue weighted by Crippen LogP contribution is 2.52. The second-order valence-electron chi connectivity index (χ2n) is 5.89. The molecule has 0 saturated heterocycles. The molecule has 0 aliphatic rings. The zero-order valence-corrected chi connectivity index (χ0v) is 15.3. The predicted octanol–water partition coefficient (Wildman–Crippen LogP) is 3.36. The predicted molar refractivity (Wildman–Crippen MR) is 93.5 cm³/mol. The van der Waals surface area contributed by atoms with Gasteiger partial charge in [0.1, 0.15) is 11.8 Å². The van der Waals surface area contributed by atoms with Gasteiger partial charge in [-0.3, -0.25) is 4.57 Å². The Bertz CT molecular complexity index is 743. The summed E-state index contributed by atoms with van der Waals surface area (Å²) in [6, 6.07) is 0. The summed E-state index contributed by atoms with van der Waals surface area (Å²) in [4.78, 5) is 12.3. The van der Waals surface area contributed by atoms with Gasteiger partial charge in [0.15, 0.2) is 11.5 Å². The van der Waals surface area contributed by atoms with Gasteiger partial charge in [-0.05, 0) is 34.1 Å². The second-order valence-corrected chi connectivity index (χ2v) is 7.69. The number of anilines is 1. The van der Waals surface area contributed by atoms with Crippen molar-refractivity contribution in [2.24, 2.45) is 0 Å². The summed E-state index contributed by atoms with van der Waals surface area (Å²) in [5.41, 5.74) is 7.02. The maximum Gasteiger partial charge on any atom is 0.354 e. The van der Waals surface area contributed by atoms with Crippen molar-refractivity contribution in [3.63, 3.8) is 0 Å². The third-order valence-corrected chi connectivity index (χ3v) is 4.98. The van der Waals surface area contributed by atoms with Crippen molar-refractivity contribution in [1.82, 2.24) is 19.5 Å². The van der Waals surface area contributed by atoms with Crippen LogP contribution in [0.25, 0.3) is 11.2 Å². The van der Waals surface area contributed by atoms with Crippen LogP contribution in [0.3, 0.4) is 0 Å². The molecule has 2 rings (SSSR count). The van der Waals surface area contributed by atoms with Crippen molar-refractivity contribution in [1.29, 1.82) is 0 Å². The molecule has 0 aliphatic heterocycles. The van der Waals surface area contributed by atoms with E-state index >= 15 is 0 Å². The first-order valence-corrected chi connectivity index (χ1v) is 9.47. The van der Waals surface area contributed by atoms with Crippen molar-refractivity contribution in [2.75, 3.05) is 5.73 Å². The Morgan fingerprint density at radius 2 is 1.88 bits per heavy atom. The van der Waals surface area contributed by atoms with E-state index in [-0.39, 0.29) is 12.2 Å². The topological polar surface area (TPSA) is 105 Å². The zero-order valence-electron chi connectivity index (χ0n) is 14.4. The van der Waals surface area contributed by atoms with Gasteiger partial charge in [0.05, 0.1) is 18.5 Å². The number of nitrogen functional groups attached to an aromatic ring is 1. The normalized spacial score (nSPS) is 12.9. The molecule has 2 heterocycles. The van der Waals surface area contributed by atoms with Crippen molar-refractivity contribution in [2.45, 2.75) is 52.9 Å². The molecule has 24 heavy (non-hydrogen) atoms. The van der Waals surface area contributed by atoms with Crippen LogP contribution >= 0.6 is 7.60 Å². The van der Waals surface area contributed by atoms with Crippen molar-refractivity contribution in [3.05, 3.63) is 24.5 Å². The summed E-state index contributed by atoms with van der Waals surface area (Å²) in [6.45, 7) is 7.92. The van der Waals surface area contributed by atoms with Gasteiger partial charge in [0.25, 0.3) is 0 Å². The number of hydrogen-bond acceptors (Lipinski definition) is 7. The number of imidazole rings is 1. The summed E-state index contributed by atoms with van der Waals surface area (Å²) in [6.07, 6.45) is 5.13. The molecule has 0 aliphatic carbocycles. The van der Waals surface area contributed by atoms with E-state index in [0.717, 1.165) is 0 Å². The van der Waals surface area contributed by atoms with Crippen LogP contribution in [0.2, 0.25) is 0 Å². The van der Waals surface area contributed by atoms with Crippen LogP contribution in [-0.4, -0.2) is 31.7 Å². The molecule has 0 unspecified atom stereocenters. The fraction of sp³-hybridized carbons (Fsp3) is 0.533. The number of hydrogen-bond donors (Lipinski definition) is 1. The number of nitrogens with zero attached hydrogens (tertiary/aromatic N) is 4. The summed E-state index contributed by atoms with van der Waals surface area (Å²) < 4.78 is 25.5. The highest BCUT2D eigenvalue weighted by Gasteiger charge is 2.23. The van der Waals surface area contributed by atoms with E-state index in [0.29, 0.717) is 29.9 Å². The lowest BCUT2D eigenvalue weighted by Gasteiger charge is -2.19. The molecule has 132 valence electrons. The van der Waals surface area contributed by atoms with Gasteiger partial charge in [0, 0.05) is 12.4 Å². The van der Waals surface area contributed by atoms with Crippen molar-refractivity contribution in [3.8, 4) is 0 Å². The summed E-state index contributed by atoms with van der Waals surface area (Å²) >= 11 is 0. The fourth-order valence-corrected chi connectivity index (χ4v) is 3.94. The highest BCUT2D eigenvalue weighted by molar-refractivity contribution is 7.57. The van der Waals surface area contributed by atoms with Crippen LogP contribution in [0.1, 0.15) is 34.1 Å². The fourth-order valence-electron chi connectivity index (χ4n) is 2.16. The van der Waals surface area contributed by atoms with E-state index in [4.69, 9.17) is 14.8 Å². The summed E-state index contributed by atoms with van der Waals surface area (Å²) in [5, 5.41) is 0. The Labute approximate surface area is 141 Å². The number of aryl methyl sites for hydroxylation is 1. The Morgan fingerprint density at radius 3 is 2.50 bits per heavy atom. The summed E-state index contributed by atoms with van der Waals surface area (Å²) in [7, 11) is -3.25. The Balaban J connectivity index is 2.04. The standard InChI is InChI=1S/C15H24N5O3P/c1-11(2)22-24(21,23-12(3)4)8-6-5-7-20-10-19-13-14(16)17-9-18-15(13)20/h6,8-12H,5,7H2,1-4H3,(H2,16,17,18). The molecule has 2 aromatic heterocycles. The first kappa shape index (κ1) is 18.6. The molecule has 9 heteroatoms. The molecule has 0 bridgehead atoms. The molecular weight excluding hydrogens is 329 g/mol. The van der Waals surface area contributed by atoms with Crippen molar-refractivity contribution < 1.29 is 13.6 Å². The van der Waals surface area contributed by atoms with Gasteiger partial charge >= 0.3 is 7.60 Å². The second kappa shape index (κ2) is 7.88. The van der Waals surface area contributed by atoms with Crippen LogP contribution in [0.15, 0.2) is 24.5 Å². The SMILES string of the molecule is CC(C)OP(=O)(C=CCCn1cnc2c(N)ncnc21)OC(C)C. The van der Waals surface area contributed by atoms with Crippen LogP contribution in [0.5, 0.6) is 0 Å². The molecule has 0 atom stereocenters. The molecule has 0 saturated carbocycles. The number of rotatable bonds is 8. The molecular formula is C15H24N5O3P. The first-order chi connectivity index (χ1) is 11.3. The van der Waals surface area contributed by atoms with Crippen molar-refractivity contribution >= 4 is 24.6 Å². The molecule has 2 N–H and O–H groups in total. The van der Waals surface area contributed by atoms with E-state index < -0.39 is 7.60 Å². The van der Waals surface area contributed by atoms with Gasteiger partial charge in [0.2, 0.25) is 0 Å². The highest BCUT2D eigenvalue weighted by atomic mass is 31.2. The minimum atomic E-state index is -3.25. The van der Waals surface area contributed by atoms with E-state index in [1.807, 2.05) is 32.3 Å². The lowest BCUT2D eigenvalue weighted by atomic mass is 10.4. The van der Waals surface area contributed by atoms with Gasteiger partial charge in [-0.2, -0.15) is 0 Å². The monoisotopic (exact) mass is 353 g/mol. The van der Waals surface area contributed by atoms with Gasteiger partial charge in [-0.1, -0.05) is 6.08 Å². The molecule has 0 spiro atoms. The molecule has 0 radical (unpaired) electrons. The van der Waals surface area contributed by atoms with Crippen LogP contribution in [0, 0.1) is 0 Å². The largest absolute Gasteiger partial charge is 0.382 e. The Kier molecular flexibility index (Phi) is 6.10. The Hall–Kier alpha value is -1.76. The quantitative estimate of drug-likeness (QED) is 0.725. The average molecular weight is 353 g/mol. The Morgan fingerprint density at radius 1 is 1.21 bits per heavy atom. The van der Waals surface area contributed by atoms with E-state index in [9.17, 15) is 4.57 Å². The maximum absolute atomic E-state index is 12.7. The van der Waals surface area contributed by atoms with Crippen LogP contribution in [-0.2, 0) is 20.2 Å². The zero-order chi connectivity index (χ0) is 17.7. The molecule has 8 nitrogen and oxygen atoms in total. The van der Waals surface area contributed by atoms with Gasteiger partial charge < -0.3 is 19.3 Å². The molecule has 0 amide bonds. The minimum absolute atomic E-state index is 0.184. The first-order valence-electron chi connectivity index (χ1n) is 7.86. The van der Waals surface area contributed by atoms with Crippen LogP contribution < -0.4 is 5.73 Å². The van der Waals surface area contributed by atoms with E-state index in [1.165, 1.54) is 12.1 Å². The molecule has 0 fully saturated rings. The summed E-state index contributed by atoms with van der Waals surface area (Å²) in [5.74, 6) is 1.88. The lowest BCUT2D eigenvalue weighted by molar-refractivity contribution is 0.149. The van der Waals surface area contributed by atoms with E-state index in [1.54, 1.807) is 12.4 Å². The van der Waals surface area contributed by atoms with Gasteiger partial charge in [-0.25, -0.2) is 15.0 Å². The third kappa shape index (κ3) is 4.87. The number of aromatic nitrogens is 4. The smallest absolute Gasteiger partial charge is 0.354 e. The maximum atomic E-state index is 12.7. The number of allylic oxidation sites excluding steroid dienone is 1. The van der Waals surface area contributed by atoms with Gasteiger partial charge in [-0.15, -0.1) is 0 Å². The van der Waals surface area contributed by atoms with Crippen LogP contribution in [0.4, 0.5) is 5.82 Å². The minimum Gasteiger partial charge on any atom is -0.382 e. The average Bonchev–Trinajstić information content (AvgIpc) is 2.86. The molecule has 2 aromatic rings. The molecule has 0 aromatic carbocycles. The number of nitrogens with two attached hydrogens (primary N) is 1. The van der Waals surface area contributed by atoms with E-state index in [2.05, 4.69) is 15.0 Å². The third-order valence-electron chi connectivity index (χ3n) is 2.97. The number of fused-ring (bicyclic) bond motifs is 1. The lowest BCUT2D eigenvalue weighted by Crippen LogP contribution is -2.06.